The Hall–Kier alpha value is -0.830. The molecule has 0 aromatic carbocycles. The molecule has 1 atom stereocenters. The van der Waals surface area contributed by atoms with Crippen molar-refractivity contribution in [1.29, 1.82) is 0 Å². The van der Waals surface area contributed by atoms with Gasteiger partial charge in [0.15, 0.2) is 6.10 Å². The number of esters is 1. The van der Waals surface area contributed by atoms with Crippen LogP contribution in [0.25, 0.3) is 0 Å². The zero-order chi connectivity index (χ0) is 9.40. The van der Waals surface area contributed by atoms with E-state index in [-0.39, 0.29) is 6.42 Å². The summed E-state index contributed by atoms with van der Waals surface area (Å²) in [6.45, 7) is 5.81. The molecule has 0 radical (unpaired) electrons. The highest BCUT2D eigenvalue weighted by molar-refractivity contribution is 5.74. The molecule has 0 bridgehead atoms. The molecule has 12 heavy (non-hydrogen) atoms. The van der Waals surface area contributed by atoms with Crippen molar-refractivity contribution in [2.45, 2.75) is 32.3 Å². The fourth-order valence-corrected chi connectivity index (χ4v) is 0.667. The van der Waals surface area contributed by atoms with Crippen LogP contribution < -0.4 is 0 Å². The topological polar surface area (TPSA) is 46.5 Å². The van der Waals surface area contributed by atoms with E-state index in [9.17, 15) is 4.79 Å². The van der Waals surface area contributed by atoms with Crippen LogP contribution in [0.15, 0.2) is 12.7 Å². The molecule has 0 rings (SSSR count). The number of ether oxygens (including phenoxy) is 1. The standard InChI is InChI=1S/C9H16O3/c1-3-5-7-12-9(11)8(10)6-4-2/h4,8,10H,2-3,5-7H2,1H3/t8-/m0/s1. The summed E-state index contributed by atoms with van der Waals surface area (Å²) in [5.41, 5.74) is 0. The van der Waals surface area contributed by atoms with E-state index < -0.39 is 12.1 Å². The Balaban J connectivity index is 3.49. The Kier molecular flexibility index (Phi) is 6.38. The molecule has 0 aliphatic carbocycles. The largest absolute Gasteiger partial charge is 0.464 e. The lowest BCUT2D eigenvalue weighted by molar-refractivity contribution is -0.153. The number of aliphatic hydroxyl groups is 1. The molecule has 3 nitrogen and oxygen atoms in total. The third-order valence-electron chi connectivity index (χ3n) is 1.40. The predicted octanol–water partition coefficient (Wildman–Crippen LogP) is 1.27. The van der Waals surface area contributed by atoms with Gasteiger partial charge in [-0.2, -0.15) is 0 Å². The van der Waals surface area contributed by atoms with Gasteiger partial charge >= 0.3 is 5.97 Å². The molecule has 0 aliphatic rings. The molecule has 0 unspecified atom stereocenters. The summed E-state index contributed by atoms with van der Waals surface area (Å²) in [5.74, 6) is -0.552. The molecular formula is C9H16O3. The quantitative estimate of drug-likeness (QED) is 0.373. The summed E-state index contributed by atoms with van der Waals surface area (Å²) >= 11 is 0. The molecule has 0 fully saturated rings. The van der Waals surface area contributed by atoms with Gasteiger partial charge in [-0.25, -0.2) is 4.79 Å². The molecule has 0 saturated heterocycles. The van der Waals surface area contributed by atoms with E-state index in [0.29, 0.717) is 6.61 Å². The van der Waals surface area contributed by atoms with Gasteiger partial charge in [0.05, 0.1) is 6.61 Å². The first kappa shape index (κ1) is 11.2. The minimum absolute atomic E-state index is 0.255. The normalized spacial score (nSPS) is 12.2. The van der Waals surface area contributed by atoms with E-state index in [4.69, 9.17) is 9.84 Å². The van der Waals surface area contributed by atoms with Gasteiger partial charge in [0.1, 0.15) is 0 Å². The molecule has 1 N–H and O–H groups in total. The Morgan fingerprint density at radius 2 is 2.42 bits per heavy atom. The first-order valence-corrected chi connectivity index (χ1v) is 4.18. The van der Waals surface area contributed by atoms with E-state index in [1.165, 1.54) is 6.08 Å². The van der Waals surface area contributed by atoms with Gasteiger partial charge in [0.2, 0.25) is 0 Å². The van der Waals surface area contributed by atoms with E-state index in [1.54, 1.807) is 0 Å². The average Bonchev–Trinajstić information content (AvgIpc) is 2.05. The van der Waals surface area contributed by atoms with Crippen LogP contribution in [0.2, 0.25) is 0 Å². The fraction of sp³-hybridized carbons (Fsp3) is 0.667. The predicted molar refractivity (Wildman–Crippen MR) is 46.7 cm³/mol. The first-order valence-electron chi connectivity index (χ1n) is 4.18. The number of hydrogen-bond acceptors (Lipinski definition) is 3. The van der Waals surface area contributed by atoms with Gasteiger partial charge in [-0.05, 0) is 6.42 Å². The lowest BCUT2D eigenvalue weighted by Crippen LogP contribution is -2.22. The Labute approximate surface area is 73.0 Å². The fourth-order valence-electron chi connectivity index (χ4n) is 0.667. The third-order valence-corrected chi connectivity index (χ3v) is 1.40. The van der Waals surface area contributed by atoms with Gasteiger partial charge in [-0.3, -0.25) is 0 Å². The summed E-state index contributed by atoms with van der Waals surface area (Å²) < 4.78 is 4.76. The number of aliphatic hydroxyl groups excluding tert-OH is 1. The van der Waals surface area contributed by atoms with Gasteiger partial charge in [0.25, 0.3) is 0 Å². The SMILES string of the molecule is C=CC[C@H](O)C(=O)OCCCC. The van der Waals surface area contributed by atoms with Crippen molar-refractivity contribution in [3.05, 3.63) is 12.7 Å². The second-order valence-electron chi connectivity index (χ2n) is 2.56. The van der Waals surface area contributed by atoms with Crippen molar-refractivity contribution >= 4 is 5.97 Å². The van der Waals surface area contributed by atoms with Crippen molar-refractivity contribution in [3.8, 4) is 0 Å². The third kappa shape index (κ3) is 4.91. The molecule has 0 aromatic rings. The van der Waals surface area contributed by atoms with Crippen LogP contribution in [0.4, 0.5) is 0 Å². The van der Waals surface area contributed by atoms with Crippen molar-refractivity contribution < 1.29 is 14.6 Å². The highest BCUT2D eigenvalue weighted by Crippen LogP contribution is 1.97. The highest BCUT2D eigenvalue weighted by atomic mass is 16.5. The number of hydrogen-bond donors (Lipinski definition) is 1. The highest BCUT2D eigenvalue weighted by Gasteiger charge is 2.13. The van der Waals surface area contributed by atoms with Crippen LogP contribution in [0, 0.1) is 0 Å². The van der Waals surface area contributed by atoms with Crippen molar-refractivity contribution in [3.63, 3.8) is 0 Å². The average molecular weight is 172 g/mol. The molecule has 0 amide bonds. The number of unbranched alkanes of at least 4 members (excludes halogenated alkanes) is 1. The monoisotopic (exact) mass is 172 g/mol. The summed E-state index contributed by atoms with van der Waals surface area (Å²) in [6, 6.07) is 0. The van der Waals surface area contributed by atoms with E-state index in [1.807, 2.05) is 6.92 Å². The molecule has 0 heterocycles. The lowest BCUT2D eigenvalue weighted by atomic mass is 10.2. The van der Waals surface area contributed by atoms with Crippen molar-refractivity contribution in [2.75, 3.05) is 6.61 Å². The minimum atomic E-state index is -1.04. The molecule has 0 saturated carbocycles. The van der Waals surface area contributed by atoms with Crippen LogP contribution in [-0.2, 0) is 9.53 Å². The smallest absolute Gasteiger partial charge is 0.335 e. The minimum Gasteiger partial charge on any atom is -0.464 e. The zero-order valence-electron chi connectivity index (χ0n) is 7.45. The van der Waals surface area contributed by atoms with Crippen LogP contribution in [-0.4, -0.2) is 23.8 Å². The molecule has 0 aromatic heterocycles. The molecular weight excluding hydrogens is 156 g/mol. The maximum Gasteiger partial charge on any atom is 0.335 e. The van der Waals surface area contributed by atoms with E-state index >= 15 is 0 Å². The number of carbonyl (C=O) groups is 1. The molecule has 70 valence electrons. The lowest BCUT2D eigenvalue weighted by Gasteiger charge is -2.07. The number of rotatable bonds is 6. The molecule has 0 spiro atoms. The molecule has 3 heteroatoms. The van der Waals surface area contributed by atoms with Crippen molar-refractivity contribution in [2.24, 2.45) is 0 Å². The van der Waals surface area contributed by atoms with Crippen LogP contribution in [0.1, 0.15) is 26.2 Å². The first-order chi connectivity index (χ1) is 5.72. The van der Waals surface area contributed by atoms with Crippen LogP contribution in [0.3, 0.4) is 0 Å². The summed E-state index contributed by atoms with van der Waals surface area (Å²) in [4.78, 5) is 10.9. The maximum absolute atomic E-state index is 10.9. The zero-order valence-corrected chi connectivity index (χ0v) is 7.45. The Bertz CT molecular complexity index is 143. The molecule has 0 aliphatic heterocycles. The number of carbonyl (C=O) groups excluding carboxylic acids is 1. The van der Waals surface area contributed by atoms with Gasteiger partial charge in [0, 0.05) is 6.42 Å². The summed E-state index contributed by atoms with van der Waals surface area (Å²) in [5, 5.41) is 9.07. The maximum atomic E-state index is 10.9. The van der Waals surface area contributed by atoms with Gasteiger partial charge in [-0.1, -0.05) is 19.4 Å². The Morgan fingerprint density at radius 1 is 1.75 bits per heavy atom. The van der Waals surface area contributed by atoms with Crippen LogP contribution >= 0.6 is 0 Å². The second-order valence-corrected chi connectivity index (χ2v) is 2.56. The second kappa shape index (κ2) is 6.85. The van der Waals surface area contributed by atoms with Crippen molar-refractivity contribution in [1.82, 2.24) is 0 Å². The van der Waals surface area contributed by atoms with Gasteiger partial charge in [-0.15, -0.1) is 6.58 Å². The summed E-state index contributed by atoms with van der Waals surface area (Å²) in [6.07, 6.45) is 2.52. The van der Waals surface area contributed by atoms with Gasteiger partial charge < -0.3 is 9.84 Å². The van der Waals surface area contributed by atoms with E-state index in [0.717, 1.165) is 12.8 Å². The van der Waals surface area contributed by atoms with E-state index in [2.05, 4.69) is 6.58 Å². The van der Waals surface area contributed by atoms with Crippen LogP contribution in [0.5, 0.6) is 0 Å². The Morgan fingerprint density at radius 3 is 2.92 bits per heavy atom. The summed E-state index contributed by atoms with van der Waals surface area (Å²) in [7, 11) is 0.